The van der Waals surface area contributed by atoms with Crippen LogP contribution in [0, 0.1) is 0 Å². The number of benzene rings is 2. The van der Waals surface area contributed by atoms with Crippen molar-refractivity contribution in [1.29, 1.82) is 0 Å². The molecule has 0 aromatic heterocycles. The van der Waals surface area contributed by atoms with Crippen molar-refractivity contribution in [3.8, 4) is 17.2 Å². The van der Waals surface area contributed by atoms with E-state index in [0.29, 0.717) is 47.6 Å². The third kappa shape index (κ3) is 5.00. The van der Waals surface area contributed by atoms with E-state index in [2.05, 4.69) is 5.32 Å². The number of hydrogen-bond donors (Lipinski definition) is 2. The number of carbonyl (C=O) groups is 2. The second kappa shape index (κ2) is 10.4. The number of ether oxygens (including phenoxy) is 3. The van der Waals surface area contributed by atoms with Crippen LogP contribution in [0.25, 0.3) is 0 Å². The number of carbonyl (C=O) groups excluding carboxylic acids is 2. The third-order valence-corrected chi connectivity index (χ3v) is 6.50. The van der Waals surface area contributed by atoms with Gasteiger partial charge in [0, 0.05) is 29.3 Å². The van der Waals surface area contributed by atoms with E-state index < -0.39 is 11.9 Å². The summed E-state index contributed by atoms with van der Waals surface area (Å²) in [4.78, 5) is 26.5. The summed E-state index contributed by atoms with van der Waals surface area (Å²) in [6, 6.07) is 10.4. The minimum absolute atomic E-state index is 0.0288. The number of ketones is 1. The summed E-state index contributed by atoms with van der Waals surface area (Å²) in [6.07, 6.45) is 1.84. The van der Waals surface area contributed by atoms with Crippen LogP contribution in [0.3, 0.4) is 0 Å². The molecular weight excluding hydrogens is 470 g/mol. The molecule has 0 fully saturated rings. The van der Waals surface area contributed by atoms with Crippen molar-refractivity contribution < 1.29 is 28.9 Å². The maximum atomic E-state index is 13.4. The van der Waals surface area contributed by atoms with Crippen LogP contribution in [-0.4, -0.2) is 30.6 Å². The molecule has 0 radical (unpaired) electrons. The molecule has 0 unspecified atom stereocenters. The van der Waals surface area contributed by atoms with Gasteiger partial charge in [0.2, 0.25) is 0 Å². The van der Waals surface area contributed by atoms with Gasteiger partial charge in [-0.3, -0.25) is 4.79 Å². The molecule has 0 saturated carbocycles. The normalized spacial score (nSPS) is 17.6. The van der Waals surface area contributed by atoms with Gasteiger partial charge in [-0.2, -0.15) is 0 Å². The van der Waals surface area contributed by atoms with E-state index in [9.17, 15) is 14.7 Å². The molecule has 1 aliphatic heterocycles. The molecule has 2 aromatic carbocycles. The number of halogens is 1. The average molecular weight is 498 g/mol. The highest BCUT2D eigenvalue weighted by molar-refractivity contribution is 6.32. The maximum Gasteiger partial charge on any atom is 0.337 e. The van der Waals surface area contributed by atoms with Gasteiger partial charge in [-0.25, -0.2) is 4.79 Å². The Labute approximate surface area is 209 Å². The number of dihydropyridines is 1. The molecule has 1 atom stereocenters. The summed E-state index contributed by atoms with van der Waals surface area (Å²) in [7, 11) is 1.59. The number of rotatable bonds is 7. The molecule has 0 bridgehead atoms. The number of hydrogen-bond acceptors (Lipinski definition) is 7. The van der Waals surface area contributed by atoms with Gasteiger partial charge in [0.1, 0.15) is 12.4 Å². The van der Waals surface area contributed by atoms with Gasteiger partial charge >= 0.3 is 5.97 Å². The Bertz CT molecular complexity index is 1210. The van der Waals surface area contributed by atoms with Gasteiger partial charge in [-0.05, 0) is 62.1 Å². The van der Waals surface area contributed by atoms with Gasteiger partial charge in [-0.1, -0.05) is 23.7 Å². The van der Waals surface area contributed by atoms with Crippen molar-refractivity contribution in [2.45, 2.75) is 45.6 Å². The molecule has 8 heteroatoms. The van der Waals surface area contributed by atoms with Crippen LogP contribution in [0.15, 0.2) is 58.9 Å². The standard InChI is InChI=1S/C27H28ClNO6/c1-4-34-22-13-17(12-19(28)26(22)31)24-23(15(2)29-20-6-5-7-21(30)25(20)24)27(32)35-14-16-8-10-18(33-3)11-9-16/h8-13,24,29,31H,4-7,14H2,1-3H3/t24-/m1/s1. The zero-order chi connectivity index (χ0) is 25.1. The summed E-state index contributed by atoms with van der Waals surface area (Å²) in [5.74, 6) is -0.538. The van der Waals surface area contributed by atoms with E-state index >= 15 is 0 Å². The lowest BCUT2D eigenvalue weighted by Crippen LogP contribution is -2.34. The number of Topliss-reactive ketones (excluding diaryl/α,β-unsaturated/α-hetero) is 1. The lowest BCUT2D eigenvalue weighted by atomic mass is 9.75. The Hall–Kier alpha value is -3.45. The zero-order valence-electron chi connectivity index (χ0n) is 19.9. The molecule has 1 aliphatic carbocycles. The minimum atomic E-state index is -0.695. The van der Waals surface area contributed by atoms with Gasteiger partial charge in [0.25, 0.3) is 0 Å². The quantitative estimate of drug-likeness (QED) is 0.510. The second-order valence-corrected chi connectivity index (χ2v) is 8.88. The number of aromatic hydroxyl groups is 1. The third-order valence-electron chi connectivity index (χ3n) is 6.21. The van der Waals surface area contributed by atoms with E-state index in [4.69, 9.17) is 25.8 Å². The van der Waals surface area contributed by atoms with E-state index in [0.717, 1.165) is 17.7 Å². The summed E-state index contributed by atoms with van der Waals surface area (Å²) in [6.45, 7) is 3.97. The molecule has 0 amide bonds. The Balaban J connectivity index is 1.73. The van der Waals surface area contributed by atoms with Crippen LogP contribution < -0.4 is 14.8 Å². The predicted octanol–water partition coefficient (Wildman–Crippen LogP) is 5.16. The molecular formula is C27H28ClNO6. The van der Waals surface area contributed by atoms with Crippen LogP contribution in [0.1, 0.15) is 50.2 Å². The molecule has 1 heterocycles. The number of allylic oxidation sites excluding steroid dienone is 3. The maximum absolute atomic E-state index is 13.4. The van der Waals surface area contributed by atoms with Crippen LogP contribution in [0.5, 0.6) is 17.2 Å². The summed E-state index contributed by atoms with van der Waals surface area (Å²) >= 11 is 6.33. The number of nitrogens with one attached hydrogen (secondary N) is 1. The van der Waals surface area contributed by atoms with Crippen LogP contribution in [0.4, 0.5) is 0 Å². The smallest absolute Gasteiger partial charge is 0.337 e. The van der Waals surface area contributed by atoms with Crippen molar-refractivity contribution in [3.05, 3.63) is 75.1 Å². The SMILES string of the molecule is CCOc1cc([C@@H]2C(C(=O)OCc3ccc(OC)cc3)=C(C)NC3=C2C(=O)CCC3)cc(Cl)c1O. The molecule has 0 spiro atoms. The first kappa shape index (κ1) is 24.7. The van der Waals surface area contributed by atoms with Crippen molar-refractivity contribution in [3.63, 3.8) is 0 Å². The van der Waals surface area contributed by atoms with Gasteiger partial charge in [0.05, 0.1) is 24.3 Å². The highest BCUT2D eigenvalue weighted by atomic mass is 35.5. The molecule has 2 aromatic rings. The minimum Gasteiger partial charge on any atom is -0.503 e. The fourth-order valence-corrected chi connectivity index (χ4v) is 4.78. The molecule has 0 saturated heterocycles. The molecule has 2 aliphatic rings. The largest absolute Gasteiger partial charge is 0.503 e. The number of phenolic OH excluding ortho intramolecular Hbond substituents is 1. The molecule has 4 rings (SSSR count). The molecule has 184 valence electrons. The average Bonchev–Trinajstić information content (AvgIpc) is 2.85. The lowest BCUT2D eigenvalue weighted by molar-refractivity contribution is -0.140. The van der Waals surface area contributed by atoms with E-state index in [1.807, 2.05) is 12.1 Å². The van der Waals surface area contributed by atoms with Gasteiger partial charge in [-0.15, -0.1) is 0 Å². The zero-order valence-corrected chi connectivity index (χ0v) is 20.7. The lowest BCUT2D eigenvalue weighted by Gasteiger charge is -2.34. The first-order chi connectivity index (χ1) is 16.8. The summed E-state index contributed by atoms with van der Waals surface area (Å²) in [5.41, 5.74) is 3.66. The first-order valence-corrected chi connectivity index (χ1v) is 11.9. The van der Waals surface area contributed by atoms with E-state index in [1.165, 1.54) is 0 Å². The van der Waals surface area contributed by atoms with Crippen molar-refractivity contribution >= 4 is 23.4 Å². The Morgan fingerprint density at radius 1 is 1.20 bits per heavy atom. The van der Waals surface area contributed by atoms with Crippen LogP contribution in [-0.2, 0) is 20.9 Å². The van der Waals surface area contributed by atoms with Crippen molar-refractivity contribution in [2.24, 2.45) is 0 Å². The van der Waals surface area contributed by atoms with Gasteiger partial charge in [0.15, 0.2) is 17.3 Å². The highest BCUT2D eigenvalue weighted by Crippen LogP contribution is 2.46. The van der Waals surface area contributed by atoms with Gasteiger partial charge < -0.3 is 24.6 Å². The van der Waals surface area contributed by atoms with E-state index in [1.54, 1.807) is 45.2 Å². The number of methoxy groups -OCH3 is 1. The van der Waals surface area contributed by atoms with Crippen molar-refractivity contribution in [2.75, 3.05) is 13.7 Å². The predicted molar refractivity (Wildman–Crippen MR) is 132 cm³/mol. The monoisotopic (exact) mass is 497 g/mol. The molecule has 7 nitrogen and oxygen atoms in total. The molecule has 2 N–H and O–H groups in total. The Morgan fingerprint density at radius 3 is 2.63 bits per heavy atom. The highest BCUT2D eigenvalue weighted by Gasteiger charge is 2.39. The van der Waals surface area contributed by atoms with Crippen molar-refractivity contribution in [1.82, 2.24) is 5.32 Å². The summed E-state index contributed by atoms with van der Waals surface area (Å²) in [5, 5.41) is 13.7. The Kier molecular flexibility index (Phi) is 7.36. The topological polar surface area (TPSA) is 94.1 Å². The number of esters is 1. The molecule has 35 heavy (non-hydrogen) atoms. The number of phenols is 1. The fraction of sp³-hybridized carbons (Fsp3) is 0.333. The van der Waals surface area contributed by atoms with Crippen LogP contribution >= 0.6 is 11.6 Å². The Morgan fingerprint density at radius 2 is 1.94 bits per heavy atom. The summed E-state index contributed by atoms with van der Waals surface area (Å²) < 4.78 is 16.4. The van der Waals surface area contributed by atoms with Crippen LogP contribution in [0.2, 0.25) is 5.02 Å². The second-order valence-electron chi connectivity index (χ2n) is 8.47. The van der Waals surface area contributed by atoms with E-state index in [-0.39, 0.29) is 28.9 Å². The first-order valence-electron chi connectivity index (χ1n) is 11.5. The fourth-order valence-electron chi connectivity index (χ4n) is 4.56.